The third-order valence-corrected chi connectivity index (χ3v) is 9.91. The minimum absolute atomic E-state index is 0.0260. The van der Waals surface area contributed by atoms with Gasteiger partial charge in [-0.3, -0.25) is 0 Å². The fraction of sp³-hybridized carbons (Fsp3) is 0.327. The number of hydrogen-bond donors (Lipinski definition) is 0. The highest BCUT2D eigenvalue weighted by molar-refractivity contribution is 5.76. The molecule has 0 fully saturated rings. The molecule has 0 unspecified atom stereocenters. The van der Waals surface area contributed by atoms with Gasteiger partial charge in [0.15, 0.2) is 17.5 Å². The zero-order chi connectivity index (χ0) is 37.6. The topological polar surface area (TPSA) is 38.7 Å². The van der Waals surface area contributed by atoms with Crippen molar-refractivity contribution in [1.29, 1.82) is 0 Å². The van der Waals surface area contributed by atoms with Gasteiger partial charge >= 0.3 is 0 Å². The van der Waals surface area contributed by atoms with E-state index in [4.69, 9.17) is 15.0 Å². The quantitative estimate of drug-likeness (QED) is 0.181. The Labute approximate surface area is 312 Å². The second-order valence-electron chi connectivity index (χ2n) is 18.4. The van der Waals surface area contributed by atoms with Gasteiger partial charge in [0.25, 0.3) is 0 Å². The molecular weight excluding hydrogens is 631 g/mol. The molecule has 6 aromatic rings. The van der Waals surface area contributed by atoms with Gasteiger partial charge in [-0.2, -0.15) is 0 Å². The standard InChI is InChI=1S/C49H55N3/c1-46(2,3)39-26-37(27-40(30-39)47(4,5)6)33-20-16-22-35(24-33)44-50-43(32-18-14-13-15-19-32)51-45(52-44)36-23-17-21-34(25-36)38-28-41(48(7,8)9)31-42(29-38)49(10,11)12/h13-31H,1-12H3. The molecule has 3 nitrogen and oxygen atoms in total. The average Bonchev–Trinajstić information content (AvgIpc) is 3.10. The van der Waals surface area contributed by atoms with Crippen molar-refractivity contribution < 1.29 is 0 Å². The first-order valence-corrected chi connectivity index (χ1v) is 18.6. The van der Waals surface area contributed by atoms with Gasteiger partial charge in [-0.15, -0.1) is 0 Å². The highest BCUT2D eigenvalue weighted by Gasteiger charge is 2.23. The van der Waals surface area contributed by atoms with Gasteiger partial charge in [0, 0.05) is 16.7 Å². The Balaban J connectivity index is 1.50. The van der Waals surface area contributed by atoms with Crippen molar-refractivity contribution in [2.75, 3.05) is 0 Å². The van der Waals surface area contributed by atoms with Gasteiger partial charge in [0.2, 0.25) is 0 Å². The largest absolute Gasteiger partial charge is 0.208 e. The van der Waals surface area contributed by atoms with Crippen molar-refractivity contribution in [2.24, 2.45) is 0 Å². The van der Waals surface area contributed by atoms with Crippen molar-refractivity contribution in [3.8, 4) is 56.4 Å². The van der Waals surface area contributed by atoms with Crippen LogP contribution < -0.4 is 0 Å². The van der Waals surface area contributed by atoms with E-state index in [2.05, 4.69) is 180 Å². The summed E-state index contributed by atoms with van der Waals surface area (Å²) in [6, 6.07) is 41.6. The molecular formula is C49H55N3. The van der Waals surface area contributed by atoms with Gasteiger partial charge in [-0.1, -0.05) is 186 Å². The van der Waals surface area contributed by atoms with Crippen LogP contribution in [-0.2, 0) is 21.7 Å². The Morgan fingerprint density at radius 2 is 0.558 bits per heavy atom. The Morgan fingerprint density at radius 3 is 0.885 bits per heavy atom. The summed E-state index contributed by atoms with van der Waals surface area (Å²) in [5.41, 5.74) is 13.0. The summed E-state index contributed by atoms with van der Waals surface area (Å²) >= 11 is 0. The van der Waals surface area contributed by atoms with Crippen molar-refractivity contribution >= 4 is 0 Å². The van der Waals surface area contributed by atoms with Crippen LogP contribution in [0.4, 0.5) is 0 Å². The summed E-state index contributed by atoms with van der Waals surface area (Å²) in [6.07, 6.45) is 0. The maximum atomic E-state index is 5.17. The van der Waals surface area contributed by atoms with E-state index in [1.165, 1.54) is 33.4 Å². The number of rotatable bonds is 5. The third-order valence-electron chi connectivity index (χ3n) is 9.91. The fourth-order valence-corrected chi connectivity index (χ4v) is 6.35. The van der Waals surface area contributed by atoms with Crippen LogP contribution in [0, 0.1) is 0 Å². The van der Waals surface area contributed by atoms with Crippen molar-refractivity contribution in [2.45, 2.75) is 105 Å². The molecule has 0 spiro atoms. The summed E-state index contributed by atoms with van der Waals surface area (Å²) in [7, 11) is 0. The molecule has 0 aliphatic rings. The smallest absolute Gasteiger partial charge is 0.164 e. The molecule has 0 amide bonds. The molecule has 1 aromatic heterocycles. The van der Waals surface area contributed by atoms with E-state index in [-0.39, 0.29) is 21.7 Å². The lowest BCUT2D eigenvalue weighted by atomic mass is 9.79. The van der Waals surface area contributed by atoms with E-state index < -0.39 is 0 Å². The van der Waals surface area contributed by atoms with Gasteiger partial charge in [0.1, 0.15) is 0 Å². The summed E-state index contributed by atoms with van der Waals surface area (Å²) < 4.78 is 0. The van der Waals surface area contributed by atoms with Gasteiger partial charge < -0.3 is 0 Å². The second-order valence-corrected chi connectivity index (χ2v) is 18.4. The molecule has 266 valence electrons. The molecule has 0 bridgehead atoms. The van der Waals surface area contributed by atoms with E-state index in [0.717, 1.165) is 27.8 Å². The van der Waals surface area contributed by atoms with Crippen LogP contribution in [0.25, 0.3) is 56.4 Å². The van der Waals surface area contributed by atoms with E-state index in [9.17, 15) is 0 Å². The zero-order valence-corrected chi connectivity index (χ0v) is 33.3. The first kappa shape index (κ1) is 36.9. The molecule has 0 saturated carbocycles. The second kappa shape index (κ2) is 13.6. The maximum absolute atomic E-state index is 5.17. The first-order chi connectivity index (χ1) is 24.3. The summed E-state index contributed by atoms with van der Waals surface area (Å²) in [5.74, 6) is 1.97. The Morgan fingerprint density at radius 1 is 0.269 bits per heavy atom. The monoisotopic (exact) mass is 685 g/mol. The molecule has 3 heteroatoms. The fourth-order valence-electron chi connectivity index (χ4n) is 6.35. The van der Waals surface area contributed by atoms with E-state index >= 15 is 0 Å². The normalized spacial score (nSPS) is 12.6. The molecule has 0 atom stereocenters. The highest BCUT2D eigenvalue weighted by atomic mass is 15.0. The van der Waals surface area contributed by atoms with Gasteiger partial charge in [0.05, 0.1) is 0 Å². The van der Waals surface area contributed by atoms with E-state index in [0.29, 0.717) is 17.5 Å². The molecule has 0 aliphatic heterocycles. The summed E-state index contributed by atoms with van der Waals surface area (Å²) in [4.78, 5) is 15.3. The lowest BCUT2D eigenvalue weighted by molar-refractivity contribution is 0.568. The summed E-state index contributed by atoms with van der Waals surface area (Å²) in [6.45, 7) is 27.4. The van der Waals surface area contributed by atoms with Crippen LogP contribution in [0.2, 0.25) is 0 Å². The molecule has 6 rings (SSSR count). The average molecular weight is 686 g/mol. The predicted octanol–water partition coefficient (Wildman–Crippen LogP) is 13.4. The minimum atomic E-state index is 0.0260. The maximum Gasteiger partial charge on any atom is 0.164 e. The SMILES string of the molecule is CC(C)(C)c1cc(-c2cccc(-c3nc(-c4ccccc4)nc(-c4cccc(-c5cc(C(C)(C)C)cc(C(C)(C)C)c5)c4)n3)c2)cc(C(C)(C)C)c1. The van der Waals surface area contributed by atoms with Crippen LogP contribution in [-0.4, -0.2) is 15.0 Å². The molecule has 0 aliphatic carbocycles. The van der Waals surface area contributed by atoms with Crippen molar-refractivity contribution in [3.63, 3.8) is 0 Å². The lowest BCUT2D eigenvalue weighted by Crippen LogP contribution is -2.16. The van der Waals surface area contributed by atoms with Crippen molar-refractivity contribution in [3.05, 3.63) is 138 Å². The zero-order valence-electron chi connectivity index (χ0n) is 33.3. The third kappa shape index (κ3) is 8.26. The molecule has 1 heterocycles. The Bertz CT molecular complexity index is 2010. The lowest BCUT2D eigenvalue weighted by Gasteiger charge is -2.26. The summed E-state index contributed by atoms with van der Waals surface area (Å²) in [5, 5.41) is 0. The van der Waals surface area contributed by atoms with E-state index in [1.54, 1.807) is 0 Å². The number of hydrogen-bond acceptors (Lipinski definition) is 3. The van der Waals surface area contributed by atoms with Gasteiger partial charge in [-0.25, -0.2) is 15.0 Å². The molecule has 0 radical (unpaired) electrons. The van der Waals surface area contributed by atoms with Gasteiger partial charge in [-0.05, 0) is 78.3 Å². The Hall–Kier alpha value is -4.89. The first-order valence-electron chi connectivity index (χ1n) is 18.6. The molecule has 0 N–H and O–H groups in total. The Kier molecular flexibility index (Phi) is 9.64. The molecule has 5 aromatic carbocycles. The predicted molar refractivity (Wildman–Crippen MR) is 222 cm³/mol. The highest BCUT2D eigenvalue weighted by Crippen LogP contribution is 2.37. The van der Waals surface area contributed by atoms with Crippen LogP contribution in [0.1, 0.15) is 105 Å². The molecule has 0 saturated heterocycles. The van der Waals surface area contributed by atoms with Crippen molar-refractivity contribution in [1.82, 2.24) is 15.0 Å². The van der Waals surface area contributed by atoms with Crippen LogP contribution in [0.3, 0.4) is 0 Å². The van der Waals surface area contributed by atoms with Crippen LogP contribution >= 0.6 is 0 Å². The minimum Gasteiger partial charge on any atom is -0.208 e. The van der Waals surface area contributed by atoms with Crippen LogP contribution in [0.15, 0.2) is 115 Å². The number of nitrogens with zero attached hydrogens (tertiary/aromatic N) is 3. The number of benzene rings is 5. The molecule has 52 heavy (non-hydrogen) atoms. The van der Waals surface area contributed by atoms with E-state index in [1.807, 2.05) is 18.2 Å². The van der Waals surface area contributed by atoms with Crippen LogP contribution in [0.5, 0.6) is 0 Å². The number of aromatic nitrogens is 3.